The minimum absolute atomic E-state index is 0.0873. The predicted molar refractivity (Wildman–Crippen MR) is 76.1 cm³/mol. The van der Waals surface area contributed by atoms with Crippen LogP contribution in [0.15, 0.2) is 18.2 Å². The van der Waals surface area contributed by atoms with Gasteiger partial charge in [0.05, 0.1) is 5.92 Å². The van der Waals surface area contributed by atoms with E-state index in [2.05, 4.69) is 0 Å². The molecule has 0 heterocycles. The molecule has 0 N–H and O–H groups in total. The van der Waals surface area contributed by atoms with E-state index < -0.39 is 12.1 Å². The third-order valence-electron chi connectivity index (χ3n) is 4.51. The van der Waals surface area contributed by atoms with Gasteiger partial charge in [0.1, 0.15) is 5.78 Å². The van der Waals surface area contributed by atoms with Crippen LogP contribution in [-0.4, -0.2) is 12.0 Å². The van der Waals surface area contributed by atoms with Gasteiger partial charge < -0.3 is 0 Å². The van der Waals surface area contributed by atoms with Crippen LogP contribution in [-0.2, 0) is 11.2 Å². The van der Waals surface area contributed by atoms with Gasteiger partial charge in [-0.1, -0.05) is 23.8 Å². The van der Waals surface area contributed by atoms with Crippen LogP contribution in [0.25, 0.3) is 0 Å². The highest BCUT2D eigenvalue weighted by Crippen LogP contribution is 2.40. The van der Waals surface area contributed by atoms with Crippen LogP contribution < -0.4 is 0 Å². The summed E-state index contributed by atoms with van der Waals surface area (Å²) < 4.78 is 37.9. The summed E-state index contributed by atoms with van der Waals surface area (Å²) in [5, 5.41) is 0. The third-order valence-corrected chi connectivity index (χ3v) is 4.51. The van der Waals surface area contributed by atoms with Crippen LogP contribution in [0.2, 0.25) is 0 Å². The van der Waals surface area contributed by atoms with Gasteiger partial charge in [0.25, 0.3) is 0 Å². The third kappa shape index (κ3) is 4.08. The summed E-state index contributed by atoms with van der Waals surface area (Å²) in [6.07, 6.45) is -2.85. The van der Waals surface area contributed by atoms with Crippen LogP contribution in [0.3, 0.4) is 0 Å². The summed E-state index contributed by atoms with van der Waals surface area (Å²) >= 11 is 0. The lowest BCUT2D eigenvalue weighted by molar-refractivity contribution is -0.184. The number of rotatable bonds is 3. The quantitative estimate of drug-likeness (QED) is 0.784. The zero-order valence-corrected chi connectivity index (χ0v) is 12.5. The Kier molecular flexibility index (Phi) is 4.74. The zero-order chi connectivity index (χ0) is 15.6. The summed E-state index contributed by atoms with van der Waals surface area (Å²) in [5.41, 5.74) is 3.17. The molecule has 1 fully saturated rings. The maximum absolute atomic E-state index is 12.6. The Morgan fingerprint density at radius 1 is 1.14 bits per heavy atom. The zero-order valence-electron chi connectivity index (χ0n) is 12.5. The highest BCUT2D eigenvalue weighted by Gasteiger charge is 2.42. The molecule has 1 nitrogen and oxygen atoms in total. The van der Waals surface area contributed by atoms with Gasteiger partial charge in [-0.05, 0) is 50.7 Å². The van der Waals surface area contributed by atoms with Gasteiger partial charge in [-0.2, -0.15) is 13.2 Å². The Morgan fingerprint density at radius 3 is 2.33 bits per heavy atom. The largest absolute Gasteiger partial charge is 0.391 e. The van der Waals surface area contributed by atoms with Crippen molar-refractivity contribution in [2.45, 2.75) is 52.1 Å². The maximum Gasteiger partial charge on any atom is 0.391 e. The molecule has 0 amide bonds. The topological polar surface area (TPSA) is 17.1 Å². The van der Waals surface area contributed by atoms with Gasteiger partial charge >= 0.3 is 6.18 Å². The van der Waals surface area contributed by atoms with E-state index in [0.717, 1.165) is 16.7 Å². The van der Waals surface area contributed by atoms with Crippen molar-refractivity contribution in [3.05, 3.63) is 34.9 Å². The number of alkyl halides is 3. The number of aryl methyl sites for hydroxylation is 2. The summed E-state index contributed by atoms with van der Waals surface area (Å²) in [4.78, 5) is 12.3. The van der Waals surface area contributed by atoms with Gasteiger partial charge in [0, 0.05) is 12.3 Å². The molecule has 0 spiro atoms. The molecular formula is C17H21F3O. The molecule has 0 bridgehead atoms. The Labute approximate surface area is 123 Å². The highest BCUT2D eigenvalue weighted by atomic mass is 19.4. The second-order valence-electron chi connectivity index (χ2n) is 6.16. The first-order valence-electron chi connectivity index (χ1n) is 7.43. The van der Waals surface area contributed by atoms with E-state index in [4.69, 9.17) is 0 Å². The van der Waals surface area contributed by atoms with E-state index in [-0.39, 0.29) is 24.5 Å². The minimum atomic E-state index is -4.11. The van der Waals surface area contributed by atoms with Crippen LogP contribution in [0.4, 0.5) is 13.2 Å². The van der Waals surface area contributed by atoms with Crippen molar-refractivity contribution in [1.29, 1.82) is 0 Å². The molecular weight excluding hydrogens is 277 g/mol. The van der Waals surface area contributed by atoms with Crippen LogP contribution in [0.1, 0.15) is 42.4 Å². The smallest absolute Gasteiger partial charge is 0.299 e. The van der Waals surface area contributed by atoms with E-state index in [1.807, 2.05) is 32.0 Å². The van der Waals surface area contributed by atoms with E-state index in [9.17, 15) is 18.0 Å². The first kappa shape index (κ1) is 16.1. The van der Waals surface area contributed by atoms with Crippen molar-refractivity contribution < 1.29 is 18.0 Å². The van der Waals surface area contributed by atoms with Gasteiger partial charge in [0.2, 0.25) is 0 Å². The monoisotopic (exact) mass is 298 g/mol. The molecule has 116 valence electrons. The number of benzene rings is 1. The molecule has 1 aromatic rings. The van der Waals surface area contributed by atoms with Crippen LogP contribution >= 0.6 is 0 Å². The highest BCUT2D eigenvalue weighted by molar-refractivity contribution is 5.83. The van der Waals surface area contributed by atoms with Crippen molar-refractivity contribution in [3.63, 3.8) is 0 Å². The van der Waals surface area contributed by atoms with E-state index >= 15 is 0 Å². The molecule has 0 saturated heterocycles. The average Bonchev–Trinajstić information content (AvgIpc) is 2.42. The fraction of sp³-hybridized carbons (Fsp3) is 0.588. The standard InChI is InChI=1S/C17H21F3O/c1-11-3-4-12(2)14(9-11)10-16(21)13-5-7-15(8-6-13)17(18,19)20/h3-4,9,13,15H,5-8,10H2,1-2H3. The Bertz CT molecular complexity index is 511. The Balaban J connectivity index is 1.95. The first-order chi connectivity index (χ1) is 9.77. The summed E-state index contributed by atoms with van der Waals surface area (Å²) in [6, 6.07) is 5.98. The predicted octanol–water partition coefficient (Wildman–Crippen LogP) is 4.78. The van der Waals surface area contributed by atoms with Crippen molar-refractivity contribution in [3.8, 4) is 0 Å². The van der Waals surface area contributed by atoms with Crippen LogP contribution in [0, 0.1) is 25.7 Å². The number of ketones is 1. The summed E-state index contributed by atoms with van der Waals surface area (Å²) in [7, 11) is 0. The fourth-order valence-corrected chi connectivity index (χ4v) is 3.07. The second-order valence-corrected chi connectivity index (χ2v) is 6.16. The molecule has 1 aromatic carbocycles. The fourth-order valence-electron chi connectivity index (χ4n) is 3.07. The molecule has 0 aromatic heterocycles. The molecule has 1 aliphatic rings. The molecule has 4 heteroatoms. The van der Waals surface area contributed by atoms with Gasteiger partial charge in [0.15, 0.2) is 0 Å². The molecule has 0 atom stereocenters. The van der Waals surface area contributed by atoms with E-state index in [1.54, 1.807) is 0 Å². The molecule has 21 heavy (non-hydrogen) atoms. The minimum Gasteiger partial charge on any atom is -0.299 e. The molecule has 2 rings (SSSR count). The number of carbonyl (C=O) groups excluding carboxylic acids is 1. The Hall–Kier alpha value is -1.32. The van der Waals surface area contributed by atoms with Crippen molar-refractivity contribution in [2.75, 3.05) is 0 Å². The van der Waals surface area contributed by atoms with Crippen molar-refractivity contribution >= 4 is 5.78 Å². The molecule has 1 saturated carbocycles. The van der Waals surface area contributed by atoms with Crippen molar-refractivity contribution in [1.82, 2.24) is 0 Å². The van der Waals surface area contributed by atoms with Gasteiger partial charge in [-0.25, -0.2) is 0 Å². The SMILES string of the molecule is Cc1ccc(C)c(CC(=O)C2CCC(C(F)(F)F)CC2)c1. The Morgan fingerprint density at radius 2 is 1.76 bits per heavy atom. The van der Waals surface area contributed by atoms with E-state index in [0.29, 0.717) is 19.3 Å². The number of hydrogen-bond donors (Lipinski definition) is 0. The average molecular weight is 298 g/mol. The van der Waals surface area contributed by atoms with E-state index in [1.165, 1.54) is 0 Å². The number of halogens is 3. The van der Waals surface area contributed by atoms with Gasteiger partial charge in [-0.3, -0.25) is 4.79 Å². The molecule has 0 radical (unpaired) electrons. The lowest BCUT2D eigenvalue weighted by Crippen LogP contribution is -2.30. The maximum atomic E-state index is 12.6. The number of carbonyl (C=O) groups is 1. The number of Topliss-reactive ketones (excluding diaryl/α,β-unsaturated/α-hetero) is 1. The first-order valence-corrected chi connectivity index (χ1v) is 7.43. The number of hydrogen-bond acceptors (Lipinski definition) is 1. The van der Waals surface area contributed by atoms with Crippen LogP contribution in [0.5, 0.6) is 0 Å². The summed E-state index contributed by atoms with van der Waals surface area (Å²) in [6.45, 7) is 3.94. The van der Waals surface area contributed by atoms with Crippen molar-refractivity contribution in [2.24, 2.45) is 11.8 Å². The summed E-state index contributed by atoms with van der Waals surface area (Å²) in [5.74, 6) is -1.34. The normalized spacial score (nSPS) is 23.1. The molecule has 1 aliphatic carbocycles. The molecule has 0 aliphatic heterocycles. The lowest BCUT2D eigenvalue weighted by atomic mass is 9.78. The lowest BCUT2D eigenvalue weighted by Gasteiger charge is -2.29. The van der Waals surface area contributed by atoms with Gasteiger partial charge in [-0.15, -0.1) is 0 Å². The molecule has 0 unspecified atom stereocenters. The second kappa shape index (κ2) is 6.20.